The van der Waals surface area contributed by atoms with Crippen molar-refractivity contribution in [2.75, 3.05) is 11.1 Å². The first-order valence-corrected chi connectivity index (χ1v) is 7.71. The molecule has 1 amide bonds. The molecule has 11 heteroatoms. The lowest BCUT2D eigenvalue weighted by Gasteiger charge is -2.09. The lowest BCUT2D eigenvalue weighted by atomic mass is 10.1. The predicted molar refractivity (Wildman–Crippen MR) is 90.2 cm³/mol. The Morgan fingerprint density at radius 2 is 1.79 bits per heavy atom. The molecule has 28 heavy (non-hydrogen) atoms. The highest BCUT2D eigenvalue weighted by molar-refractivity contribution is 6.03. The largest absolute Gasteiger partial charge is 0.435 e. The molecular formula is C17H12F5N5O. The number of para-hydroxylation sites is 1. The van der Waals surface area contributed by atoms with Crippen LogP contribution in [0.1, 0.15) is 16.2 Å². The van der Waals surface area contributed by atoms with Gasteiger partial charge >= 0.3 is 6.18 Å². The highest BCUT2D eigenvalue weighted by Gasteiger charge is 2.35. The molecule has 0 aliphatic rings. The standard InChI is InChI=1S/C17H12F5N5O/c1-27-12(7-13(26-27)17(20,21)22)8-5-6-11(24-15(8)23)16(28)25-14-9(18)3-2-4-10(14)19/h2-7H,1H3,(H2,23,24)(H,25,28). The van der Waals surface area contributed by atoms with E-state index in [0.717, 1.165) is 28.9 Å². The number of rotatable bonds is 3. The number of nitrogens with one attached hydrogen (secondary N) is 1. The summed E-state index contributed by atoms with van der Waals surface area (Å²) in [6, 6.07) is 6.29. The molecule has 0 fully saturated rings. The third kappa shape index (κ3) is 3.63. The first-order valence-electron chi connectivity index (χ1n) is 7.71. The summed E-state index contributed by atoms with van der Waals surface area (Å²) >= 11 is 0. The molecule has 146 valence electrons. The number of benzene rings is 1. The van der Waals surface area contributed by atoms with Crippen molar-refractivity contribution in [3.05, 3.63) is 59.4 Å². The Morgan fingerprint density at radius 1 is 1.14 bits per heavy atom. The molecule has 0 radical (unpaired) electrons. The number of aromatic nitrogens is 3. The number of carbonyl (C=O) groups excluding carboxylic acids is 1. The monoisotopic (exact) mass is 397 g/mol. The van der Waals surface area contributed by atoms with E-state index in [1.807, 2.05) is 5.32 Å². The van der Waals surface area contributed by atoms with E-state index in [1.165, 1.54) is 19.2 Å². The Bertz CT molecular complexity index is 1040. The van der Waals surface area contributed by atoms with Gasteiger partial charge in [-0.05, 0) is 30.3 Å². The Labute approximate surface area is 154 Å². The van der Waals surface area contributed by atoms with Crippen LogP contribution in [0.15, 0.2) is 36.4 Å². The van der Waals surface area contributed by atoms with Gasteiger partial charge in [-0.1, -0.05) is 6.07 Å². The number of amides is 1. The van der Waals surface area contributed by atoms with Gasteiger partial charge in [0.15, 0.2) is 5.69 Å². The molecule has 0 bridgehead atoms. The number of nitrogen functional groups attached to an aromatic ring is 1. The van der Waals surface area contributed by atoms with E-state index >= 15 is 0 Å². The number of anilines is 2. The van der Waals surface area contributed by atoms with Crippen LogP contribution in [0.3, 0.4) is 0 Å². The van der Waals surface area contributed by atoms with Crippen molar-refractivity contribution in [2.24, 2.45) is 7.05 Å². The highest BCUT2D eigenvalue weighted by atomic mass is 19.4. The van der Waals surface area contributed by atoms with Crippen LogP contribution in [0, 0.1) is 11.6 Å². The van der Waals surface area contributed by atoms with Crippen molar-refractivity contribution >= 4 is 17.4 Å². The van der Waals surface area contributed by atoms with Crippen molar-refractivity contribution < 1.29 is 26.7 Å². The van der Waals surface area contributed by atoms with Crippen molar-refractivity contribution in [2.45, 2.75) is 6.18 Å². The van der Waals surface area contributed by atoms with Crippen LogP contribution in [-0.4, -0.2) is 20.7 Å². The van der Waals surface area contributed by atoms with Gasteiger partial charge in [0, 0.05) is 12.6 Å². The van der Waals surface area contributed by atoms with Crippen LogP contribution in [-0.2, 0) is 13.2 Å². The number of halogens is 5. The number of alkyl halides is 3. The van der Waals surface area contributed by atoms with E-state index < -0.39 is 35.1 Å². The van der Waals surface area contributed by atoms with Crippen LogP contribution < -0.4 is 11.1 Å². The fourth-order valence-corrected chi connectivity index (χ4v) is 2.47. The van der Waals surface area contributed by atoms with Gasteiger partial charge < -0.3 is 11.1 Å². The SMILES string of the molecule is Cn1nc(C(F)(F)F)cc1-c1ccc(C(=O)Nc2c(F)cccc2F)nc1N. The number of carbonyl (C=O) groups is 1. The van der Waals surface area contributed by atoms with Gasteiger partial charge in [-0.15, -0.1) is 0 Å². The molecule has 0 aliphatic heterocycles. The average molecular weight is 397 g/mol. The summed E-state index contributed by atoms with van der Waals surface area (Å²) in [5.41, 5.74) is 3.87. The molecule has 6 nitrogen and oxygen atoms in total. The van der Waals surface area contributed by atoms with Crippen molar-refractivity contribution in [3.63, 3.8) is 0 Å². The van der Waals surface area contributed by atoms with Crippen LogP contribution in [0.25, 0.3) is 11.3 Å². The van der Waals surface area contributed by atoms with Gasteiger partial charge in [0.05, 0.1) is 5.69 Å². The summed E-state index contributed by atoms with van der Waals surface area (Å²) in [7, 11) is 1.30. The normalized spacial score (nSPS) is 11.5. The van der Waals surface area contributed by atoms with Gasteiger partial charge in [-0.3, -0.25) is 9.48 Å². The quantitative estimate of drug-likeness (QED) is 0.661. The van der Waals surface area contributed by atoms with E-state index in [2.05, 4.69) is 10.1 Å². The van der Waals surface area contributed by atoms with Crippen LogP contribution in [0.5, 0.6) is 0 Å². The van der Waals surface area contributed by atoms with Crippen molar-refractivity contribution in [3.8, 4) is 11.3 Å². The molecule has 0 atom stereocenters. The number of nitrogens with zero attached hydrogens (tertiary/aromatic N) is 3. The molecule has 2 aromatic heterocycles. The molecule has 3 N–H and O–H groups in total. The summed E-state index contributed by atoms with van der Waals surface area (Å²) in [5.74, 6) is -3.15. The molecule has 2 heterocycles. The Morgan fingerprint density at radius 3 is 2.32 bits per heavy atom. The number of nitrogens with two attached hydrogens (primary N) is 1. The zero-order valence-corrected chi connectivity index (χ0v) is 14.2. The van der Waals surface area contributed by atoms with Crippen LogP contribution in [0.4, 0.5) is 33.5 Å². The maximum Gasteiger partial charge on any atom is 0.435 e. The highest BCUT2D eigenvalue weighted by Crippen LogP contribution is 2.33. The molecular weight excluding hydrogens is 385 g/mol. The number of hydrogen-bond donors (Lipinski definition) is 2. The van der Waals surface area contributed by atoms with Gasteiger partial charge in [-0.25, -0.2) is 13.8 Å². The third-order valence-corrected chi connectivity index (χ3v) is 3.80. The summed E-state index contributed by atoms with van der Waals surface area (Å²) in [6.07, 6.45) is -4.64. The van der Waals surface area contributed by atoms with Crippen LogP contribution in [0.2, 0.25) is 0 Å². The Kier molecular flexibility index (Phi) is 4.75. The number of hydrogen-bond acceptors (Lipinski definition) is 4. The van der Waals surface area contributed by atoms with Gasteiger partial charge in [-0.2, -0.15) is 18.3 Å². The maximum atomic E-state index is 13.6. The lowest BCUT2D eigenvalue weighted by Crippen LogP contribution is -2.16. The average Bonchev–Trinajstić information content (AvgIpc) is 3.00. The minimum atomic E-state index is -4.64. The lowest BCUT2D eigenvalue weighted by molar-refractivity contribution is -0.141. The molecule has 0 saturated carbocycles. The summed E-state index contributed by atoms with van der Waals surface area (Å²) < 4.78 is 66.7. The topological polar surface area (TPSA) is 85.8 Å². The number of aryl methyl sites for hydroxylation is 1. The van der Waals surface area contributed by atoms with E-state index in [4.69, 9.17) is 5.73 Å². The molecule has 0 spiro atoms. The first kappa shape index (κ1) is 19.3. The fourth-order valence-electron chi connectivity index (χ4n) is 2.47. The number of pyridine rings is 1. The minimum absolute atomic E-state index is 0.0319. The molecule has 0 saturated heterocycles. The van der Waals surface area contributed by atoms with Crippen molar-refractivity contribution in [1.29, 1.82) is 0 Å². The van der Waals surface area contributed by atoms with Gasteiger partial charge in [0.25, 0.3) is 5.91 Å². The second kappa shape index (κ2) is 6.91. The van der Waals surface area contributed by atoms with E-state index in [9.17, 15) is 26.7 Å². The van der Waals surface area contributed by atoms with Crippen molar-refractivity contribution in [1.82, 2.24) is 14.8 Å². The maximum absolute atomic E-state index is 13.6. The fraction of sp³-hybridized carbons (Fsp3) is 0.118. The van der Waals surface area contributed by atoms with Gasteiger partial charge in [0.1, 0.15) is 28.8 Å². The van der Waals surface area contributed by atoms with E-state index in [1.54, 1.807) is 0 Å². The van der Waals surface area contributed by atoms with E-state index in [0.29, 0.717) is 0 Å². The molecule has 3 rings (SSSR count). The summed E-state index contributed by atoms with van der Waals surface area (Å²) in [5, 5.41) is 5.42. The Hall–Kier alpha value is -3.50. The van der Waals surface area contributed by atoms with E-state index in [-0.39, 0.29) is 22.8 Å². The molecule has 1 aromatic carbocycles. The molecule has 3 aromatic rings. The second-order valence-corrected chi connectivity index (χ2v) is 5.72. The smallest absolute Gasteiger partial charge is 0.383 e. The first-order chi connectivity index (χ1) is 13.1. The third-order valence-electron chi connectivity index (χ3n) is 3.80. The van der Waals surface area contributed by atoms with Crippen LogP contribution >= 0.6 is 0 Å². The zero-order chi connectivity index (χ0) is 20.6. The Balaban J connectivity index is 1.91. The minimum Gasteiger partial charge on any atom is -0.383 e. The summed E-state index contributed by atoms with van der Waals surface area (Å²) in [6.45, 7) is 0. The zero-order valence-electron chi connectivity index (χ0n) is 14.2. The molecule has 0 aliphatic carbocycles. The predicted octanol–water partition coefficient (Wildman–Crippen LogP) is 3.61. The summed E-state index contributed by atoms with van der Waals surface area (Å²) in [4.78, 5) is 16.0. The second-order valence-electron chi connectivity index (χ2n) is 5.72. The van der Waals surface area contributed by atoms with Gasteiger partial charge in [0.2, 0.25) is 0 Å². The molecule has 0 unspecified atom stereocenters.